The van der Waals surface area contributed by atoms with E-state index in [1.165, 1.54) is 0 Å². The molecule has 0 unspecified atom stereocenters. The van der Waals surface area contributed by atoms with Crippen LogP contribution < -0.4 is 5.19 Å². The summed E-state index contributed by atoms with van der Waals surface area (Å²) in [4.78, 5) is 0. The van der Waals surface area contributed by atoms with Crippen molar-refractivity contribution in [1.29, 1.82) is 0 Å². The second-order valence-corrected chi connectivity index (χ2v) is 3.51. The number of halogens is 3. The molecule has 0 nitrogen and oxygen atoms in total. The Morgan fingerprint density at radius 1 is 0.900 bits per heavy atom. The zero-order valence-electron chi connectivity index (χ0n) is 4.79. The van der Waals surface area contributed by atoms with Crippen LogP contribution in [0.1, 0.15) is 0 Å². The summed E-state index contributed by atoms with van der Waals surface area (Å²) in [7, 11) is 3.25. The van der Waals surface area contributed by atoms with Gasteiger partial charge in [0.25, 0.3) is 0 Å². The minimum atomic E-state index is 0.466. The van der Waals surface area contributed by atoms with Crippen molar-refractivity contribution in [2.24, 2.45) is 0 Å². The van der Waals surface area contributed by atoms with Gasteiger partial charge >= 0.3 is 0 Å². The largest absolute Gasteiger partial charge is 0.0844 e. The maximum Gasteiger partial charge on any atom is 0.0733 e. The molecule has 1 rings (SSSR count). The second kappa shape index (κ2) is 3.14. The van der Waals surface area contributed by atoms with E-state index in [9.17, 15) is 0 Å². The first kappa shape index (κ1) is 8.40. The first-order valence-electron chi connectivity index (χ1n) is 2.47. The fraction of sp³-hybridized carbons (Fsp3) is 0. The zero-order chi connectivity index (χ0) is 7.72. The summed E-state index contributed by atoms with van der Waals surface area (Å²) in [6.07, 6.45) is 0. The lowest BCUT2D eigenvalue weighted by atomic mass is 10.3. The molecular weight excluding hydrogens is 207 g/mol. The van der Waals surface area contributed by atoms with Crippen molar-refractivity contribution in [3.8, 4) is 0 Å². The van der Waals surface area contributed by atoms with Gasteiger partial charge in [0.2, 0.25) is 0 Å². The van der Waals surface area contributed by atoms with Crippen LogP contribution in [0, 0.1) is 0 Å². The van der Waals surface area contributed by atoms with E-state index >= 15 is 0 Å². The Hall–Kier alpha value is 0.307. The highest BCUT2D eigenvalue weighted by molar-refractivity contribution is 6.49. The SMILES string of the molecule is [Si]c1cc(Cl)c(Cl)cc1Cl. The molecule has 0 amide bonds. The van der Waals surface area contributed by atoms with Crippen molar-refractivity contribution in [1.82, 2.24) is 0 Å². The Morgan fingerprint density at radius 2 is 1.40 bits per heavy atom. The van der Waals surface area contributed by atoms with E-state index in [0.717, 1.165) is 5.19 Å². The van der Waals surface area contributed by atoms with Crippen molar-refractivity contribution >= 4 is 50.2 Å². The molecule has 0 spiro atoms. The molecule has 10 heavy (non-hydrogen) atoms. The van der Waals surface area contributed by atoms with E-state index in [4.69, 9.17) is 34.8 Å². The summed E-state index contributed by atoms with van der Waals surface area (Å²) < 4.78 is 0. The molecule has 1 aromatic rings. The summed E-state index contributed by atoms with van der Waals surface area (Å²) in [6, 6.07) is 3.25. The van der Waals surface area contributed by atoms with Crippen LogP contribution in [0.5, 0.6) is 0 Å². The first-order valence-corrected chi connectivity index (χ1v) is 4.11. The predicted octanol–water partition coefficient (Wildman–Crippen LogP) is 2.44. The average molecular weight is 209 g/mol. The van der Waals surface area contributed by atoms with Gasteiger partial charge in [-0.2, -0.15) is 0 Å². The van der Waals surface area contributed by atoms with Crippen LogP contribution in [0.15, 0.2) is 12.1 Å². The van der Waals surface area contributed by atoms with Gasteiger partial charge in [0.1, 0.15) is 0 Å². The van der Waals surface area contributed by atoms with Crippen LogP contribution in [-0.4, -0.2) is 10.2 Å². The van der Waals surface area contributed by atoms with E-state index in [2.05, 4.69) is 10.2 Å². The maximum atomic E-state index is 5.69. The molecule has 4 heteroatoms. The molecule has 0 aliphatic heterocycles. The Kier molecular flexibility index (Phi) is 2.64. The Balaban J connectivity index is 3.28. The fourth-order valence-corrected chi connectivity index (χ4v) is 1.38. The van der Waals surface area contributed by atoms with E-state index in [0.29, 0.717) is 15.1 Å². The molecule has 3 radical (unpaired) electrons. The van der Waals surface area contributed by atoms with Crippen molar-refractivity contribution in [2.45, 2.75) is 0 Å². The Labute approximate surface area is 77.5 Å². The first-order chi connectivity index (χ1) is 4.61. The van der Waals surface area contributed by atoms with Gasteiger partial charge in [-0.1, -0.05) is 34.8 Å². The average Bonchev–Trinajstić information content (AvgIpc) is 1.84. The molecule has 1 aromatic carbocycles. The van der Waals surface area contributed by atoms with Crippen molar-refractivity contribution < 1.29 is 0 Å². The lowest BCUT2D eigenvalue weighted by Gasteiger charge is -1.99. The van der Waals surface area contributed by atoms with Crippen LogP contribution in [0.3, 0.4) is 0 Å². The van der Waals surface area contributed by atoms with Crippen molar-refractivity contribution in [3.63, 3.8) is 0 Å². The summed E-state index contributed by atoms with van der Waals surface area (Å²) in [5.74, 6) is 0. The molecular formula is C6H2Cl3Si. The van der Waals surface area contributed by atoms with Crippen LogP contribution in [-0.2, 0) is 0 Å². The van der Waals surface area contributed by atoms with E-state index in [-0.39, 0.29) is 0 Å². The summed E-state index contributed by atoms with van der Waals surface area (Å²) in [5.41, 5.74) is 0. The second-order valence-electron chi connectivity index (χ2n) is 1.75. The number of rotatable bonds is 0. The Morgan fingerprint density at radius 3 is 1.90 bits per heavy atom. The number of benzene rings is 1. The highest BCUT2D eigenvalue weighted by Crippen LogP contribution is 2.22. The summed E-state index contributed by atoms with van der Waals surface area (Å²) >= 11 is 17.0. The quantitative estimate of drug-likeness (QED) is 0.454. The predicted molar refractivity (Wildman–Crippen MR) is 46.9 cm³/mol. The molecule has 0 N–H and O–H groups in total. The van der Waals surface area contributed by atoms with Gasteiger partial charge in [-0.15, -0.1) is 0 Å². The monoisotopic (exact) mass is 207 g/mol. The molecule has 0 aliphatic carbocycles. The van der Waals surface area contributed by atoms with Gasteiger partial charge < -0.3 is 0 Å². The van der Waals surface area contributed by atoms with Gasteiger partial charge in [-0.05, 0) is 17.3 Å². The van der Waals surface area contributed by atoms with Crippen LogP contribution in [0.4, 0.5) is 0 Å². The maximum absolute atomic E-state index is 5.69. The third-order valence-corrected chi connectivity index (χ3v) is 2.62. The molecule has 0 bridgehead atoms. The summed E-state index contributed by atoms with van der Waals surface area (Å²) in [6.45, 7) is 0. The van der Waals surface area contributed by atoms with Crippen LogP contribution in [0.25, 0.3) is 0 Å². The fourth-order valence-electron chi connectivity index (χ4n) is 0.523. The number of hydrogen-bond acceptors (Lipinski definition) is 0. The minimum absolute atomic E-state index is 0.466. The molecule has 0 atom stereocenters. The molecule has 51 valence electrons. The van der Waals surface area contributed by atoms with Crippen molar-refractivity contribution in [2.75, 3.05) is 0 Å². The molecule has 0 heterocycles. The van der Waals surface area contributed by atoms with E-state index < -0.39 is 0 Å². The van der Waals surface area contributed by atoms with Gasteiger partial charge in [0.05, 0.1) is 20.3 Å². The van der Waals surface area contributed by atoms with E-state index in [1.807, 2.05) is 0 Å². The van der Waals surface area contributed by atoms with E-state index in [1.54, 1.807) is 12.1 Å². The highest BCUT2D eigenvalue weighted by Gasteiger charge is 2.00. The Bertz CT molecular complexity index is 209. The lowest BCUT2D eigenvalue weighted by molar-refractivity contribution is 1.76. The van der Waals surface area contributed by atoms with Crippen LogP contribution in [0.2, 0.25) is 15.1 Å². The molecule has 0 fully saturated rings. The molecule has 0 aromatic heterocycles. The van der Waals surface area contributed by atoms with Crippen LogP contribution >= 0.6 is 34.8 Å². The normalized spacial score (nSPS) is 10.0. The van der Waals surface area contributed by atoms with Gasteiger partial charge in [0.15, 0.2) is 0 Å². The third-order valence-electron chi connectivity index (χ3n) is 1.01. The summed E-state index contributed by atoms with van der Waals surface area (Å²) in [5, 5.41) is 2.27. The lowest BCUT2D eigenvalue weighted by Crippen LogP contribution is -2.02. The standard InChI is InChI=1S/C6H2Cl3Si/c7-3-1-5(9)6(10)2-4(3)8/h1-2H. The molecule has 0 saturated heterocycles. The topological polar surface area (TPSA) is 0 Å². The molecule has 0 aliphatic rings. The smallest absolute Gasteiger partial charge is 0.0733 e. The van der Waals surface area contributed by atoms with Gasteiger partial charge in [0, 0.05) is 5.02 Å². The van der Waals surface area contributed by atoms with Gasteiger partial charge in [-0.3, -0.25) is 0 Å². The van der Waals surface area contributed by atoms with Gasteiger partial charge in [-0.25, -0.2) is 0 Å². The minimum Gasteiger partial charge on any atom is -0.0844 e. The molecule has 0 saturated carbocycles. The highest BCUT2D eigenvalue weighted by atomic mass is 35.5. The number of hydrogen-bond donors (Lipinski definition) is 0. The third kappa shape index (κ3) is 1.67. The zero-order valence-corrected chi connectivity index (χ0v) is 8.06. The van der Waals surface area contributed by atoms with Crippen molar-refractivity contribution in [3.05, 3.63) is 27.2 Å².